The van der Waals surface area contributed by atoms with Crippen molar-refractivity contribution in [1.82, 2.24) is 19.9 Å². The molecule has 1 amide bonds. The van der Waals surface area contributed by atoms with Crippen LogP contribution in [-0.4, -0.2) is 31.5 Å². The second-order valence-corrected chi connectivity index (χ2v) is 8.28. The Hall–Kier alpha value is -3.11. The van der Waals surface area contributed by atoms with E-state index in [0.29, 0.717) is 21.9 Å². The van der Waals surface area contributed by atoms with E-state index in [1.54, 1.807) is 12.1 Å². The number of aromatic nitrogens is 4. The fourth-order valence-corrected chi connectivity index (χ4v) is 4.22. The van der Waals surface area contributed by atoms with Gasteiger partial charge in [-0.2, -0.15) is 0 Å². The summed E-state index contributed by atoms with van der Waals surface area (Å²) in [5.74, 6) is 6.85. The molecule has 0 radical (unpaired) electrons. The quantitative estimate of drug-likeness (QED) is 0.314. The fourth-order valence-electron chi connectivity index (χ4n) is 2.83. The lowest BCUT2D eigenvalue weighted by atomic mass is 10.1. The molecule has 3 heterocycles. The number of nitrogen functional groups attached to an aromatic ring is 1. The van der Waals surface area contributed by atoms with Crippen LogP contribution in [0.3, 0.4) is 0 Å². The van der Waals surface area contributed by atoms with Gasteiger partial charge in [0.25, 0.3) is 0 Å². The molecule has 0 aliphatic rings. The number of nitrogens with two attached hydrogens (primary N) is 1. The topological polar surface area (TPSA) is 112 Å². The van der Waals surface area contributed by atoms with Crippen LogP contribution in [0.1, 0.15) is 18.9 Å². The molecule has 0 fully saturated rings. The number of rotatable bonds is 8. The van der Waals surface area contributed by atoms with Gasteiger partial charge in [-0.05, 0) is 24.1 Å². The largest absolute Gasteiger partial charge is 0.461 e. The zero-order valence-corrected chi connectivity index (χ0v) is 17.9. The molecule has 4 aromatic rings. The third-order valence-electron chi connectivity index (χ3n) is 4.28. The Balaban J connectivity index is 1.34. The van der Waals surface area contributed by atoms with Crippen LogP contribution in [0.5, 0.6) is 0 Å². The summed E-state index contributed by atoms with van der Waals surface area (Å²) < 4.78 is 6.58. The molecule has 0 bridgehead atoms. The summed E-state index contributed by atoms with van der Waals surface area (Å²) in [5.41, 5.74) is 3.18. The van der Waals surface area contributed by atoms with Crippen LogP contribution in [0.25, 0.3) is 22.8 Å². The lowest BCUT2D eigenvalue weighted by Gasteiger charge is -2.03. The summed E-state index contributed by atoms with van der Waals surface area (Å²) in [6.45, 7) is 2.16. The number of thiazole rings is 1. The lowest BCUT2D eigenvalue weighted by Crippen LogP contribution is -2.16. The molecule has 154 valence electrons. The fraction of sp³-hybridized carbons (Fsp3) is 0.200. The van der Waals surface area contributed by atoms with Gasteiger partial charge < -0.3 is 15.6 Å². The molecule has 0 aliphatic heterocycles. The van der Waals surface area contributed by atoms with Crippen molar-refractivity contribution in [2.75, 3.05) is 16.9 Å². The van der Waals surface area contributed by atoms with E-state index < -0.39 is 0 Å². The molecular formula is C20H20N6O2S2. The molecule has 0 aliphatic carbocycles. The van der Waals surface area contributed by atoms with Crippen molar-refractivity contribution in [1.29, 1.82) is 0 Å². The highest BCUT2D eigenvalue weighted by Crippen LogP contribution is 2.26. The smallest absolute Gasteiger partial charge is 0.236 e. The Morgan fingerprint density at radius 3 is 2.83 bits per heavy atom. The van der Waals surface area contributed by atoms with E-state index in [4.69, 9.17) is 10.3 Å². The molecule has 0 atom stereocenters. The summed E-state index contributed by atoms with van der Waals surface area (Å²) in [6, 6.07) is 11.8. The number of hydrogen-bond donors (Lipinski definition) is 2. The summed E-state index contributed by atoms with van der Waals surface area (Å²) >= 11 is 2.58. The molecule has 1 aromatic carbocycles. The van der Waals surface area contributed by atoms with Crippen molar-refractivity contribution in [2.45, 2.75) is 24.9 Å². The Morgan fingerprint density at radius 2 is 2.10 bits per heavy atom. The summed E-state index contributed by atoms with van der Waals surface area (Å²) in [5, 5.41) is 13.7. The van der Waals surface area contributed by atoms with Gasteiger partial charge in [-0.25, -0.2) is 9.66 Å². The first-order chi connectivity index (χ1) is 14.6. The van der Waals surface area contributed by atoms with E-state index in [-0.39, 0.29) is 11.7 Å². The van der Waals surface area contributed by atoms with Crippen molar-refractivity contribution in [2.24, 2.45) is 0 Å². The Kier molecular flexibility index (Phi) is 6.15. The van der Waals surface area contributed by atoms with E-state index in [1.807, 2.05) is 5.38 Å². The van der Waals surface area contributed by atoms with Gasteiger partial charge in [0.05, 0.1) is 17.7 Å². The van der Waals surface area contributed by atoms with E-state index in [2.05, 4.69) is 51.7 Å². The number of anilines is 1. The second-order valence-electron chi connectivity index (χ2n) is 6.48. The van der Waals surface area contributed by atoms with Gasteiger partial charge in [-0.1, -0.05) is 49.4 Å². The molecule has 30 heavy (non-hydrogen) atoms. The van der Waals surface area contributed by atoms with Crippen LogP contribution in [0.4, 0.5) is 5.13 Å². The monoisotopic (exact) mass is 440 g/mol. The molecule has 0 spiro atoms. The molecule has 3 aromatic heterocycles. The van der Waals surface area contributed by atoms with Gasteiger partial charge >= 0.3 is 0 Å². The standard InChI is InChI=1S/C20H20N6O2S2/c1-2-4-13-6-8-14(9-7-13)15-11-29-19(22-15)23-17(27)12-30-20-25-24-18(26(20)21)16-5-3-10-28-16/h3,5-11H,2,4,12,21H2,1H3,(H,22,23,27). The maximum absolute atomic E-state index is 12.3. The number of carbonyl (C=O) groups excluding carboxylic acids is 1. The average molecular weight is 441 g/mol. The van der Waals surface area contributed by atoms with Gasteiger partial charge in [0.1, 0.15) is 0 Å². The van der Waals surface area contributed by atoms with Crippen LogP contribution in [0.2, 0.25) is 0 Å². The number of amides is 1. The van der Waals surface area contributed by atoms with Crippen molar-refractivity contribution < 1.29 is 9.21 Å². The first kappa shape index (κ1) is 20.2. The Bertz CT molecular complexity index is 1120. The predicted octanol–water partition coefficient (Wildman–Crippen LogP) is 4.06. The first-order valence-electron chi connectivity index (χ1n) is 9.36. The number of benzene rings is 1. The maximum Gasteiger partial charge on any atom is 0.236 e. The third kappa shape index (κ3) is 4.55. The van der Waals surface area contributed by atoms with E-state index in [9.17, 15) is 4.79 Å². The molecule has 0 saturated heterocycles. The third-order valence-corrected chi connectivity index (χ3v) is 5.98. The zero-order valence-electron chi connectivity index (χ0n) is 16.2. The van der Waals surface area contributed by atoms with Crippen LogP contribution < -0.4 is 11.2 Å². The van der Waals surface area contributed by atoms with Crippen LogP contribution in [0, 0.1) is 0 Å². The van der Waals surface area contributed by atoms with Crippen molar-refractivity contribution >= 4 is 34.1 Å². The number of aryl methyl sites for hydroxylation is 1. The lowest BCUT2D eigenvalue weighted by molar-refractivity contribution is -0.113. The van der Waals surface area contributed by atoms with E-state index in [0.717, 1.165) is 24.1 Å². The van der Waals surface area contributed by atoms with Gasteiger partial charge in [0, 0.05) is 10.9 Å². The molecule has 3 N–H and O–H groups in total. The highest BCUT2D eigenvalue weighted by atomic mass is 32.2. The Morgan fingerprint density at radius 1 is 1.27 bits per heavy atom. The highest BCUT2D eigenvalue weighted by molar-refractivity contribution is 7.99. The molecule has 8 nitrogen and oxygen atoms in total. The number of furan rings is 1. The molecule has 4 rings (SSSR count). The number of nitrogens with zero attached hydrogens (tertiary/aromatic N) is 4. The first-order valence-corrected chi connectivity index (χ1v) is 11.2. The van der Waals surface area contributed by atoms with E-state index in [1.165, 1.54) is 39.6 Å². The van der Waals surface area contributed by atoms with Crippen molar-refractivity contribution in [3.63, 3.8) is 0 Å². The average Bonchev–Trinajstić information content (AvgIpc) is 3.49. The van der Waals surface area contributed by atoms with Crippen LogP contribution >= 0.6 is 23.1 Å². The van der Waals surface area contributed by atoms with Gasteiger partial charge in [-0.3, -0.25) is 4.79 Å². The summed E-state index contributed by atoms with van der Waals surface area (Å²) in [7, 11) is 0. The summed E-state index contributed by atoms with van der Waals surface area (Å²) in [4.78, 5) is 16.8. The summed E-state index contributed by atoms with van der Waals surface area (Å²) in [6.07, 6.45) is 3.72. The van der Waals surface area contributed by atoms with Crippen molar-refractivity contribution in [3.05, 3.63) is 53.6 Å². The number of hydrogen-bond acceptors (Lipinski definition) is 8. The second kappa shape index (κ2) is 9.14. The predicted molar refractivity (Wildman–Crippen MR) is 119 cm³/mol. The number of nitrogens with one attached hydrogen (secondary N) is 1. The minimum Gasteiger partial charge on any atom is -0.461 e. The van der Waals surface area contributed by atoms with E-state index >= 15 is 0 Å². The number of thioether (sulfide) groups is 1. The normalized spacial score (nSPS) is 11.0. The Labute approximate surface area is 181 Å². The van der Waals surface area contributed by atoms with Gasteiger partial charge in [-0.15, -0.1) is 21.5 Å². The molecule has 0 unspecified atom stereocenters. The highest BCUT2D eigenvalue weighted by Gasteiger charge is 2.16. The SMILES string of the molecule is CCCc1ccc(-c2csc(NC(=O)CSc3nnc(-c4ccco4)n3N)n2)cc1. The number of carbonyl (C=O) groups is 1. The molecule has 10 heteroatoms. The minimum atomic E-state index is -0.193. The van der Waals surface area contributed by atoms with Crippen LogP contribution in [-0.2, 0) is 11.2 Å². The van der Waals surface area contributed by atoms with Crippen LogP contribution in [0.15, 0.2) is 57.6 Å². The van der Waals surface area contributed by atoms with Gasteiger partial charge in [0.15, 0.2) is 10.9 Å². The minimum absolute atomic E-state index is 0.133. The maximum atomic E-state index is 12.3. The van der Waals surface area contributed by atoms with Gasteiger partial charge in [0.2, 0.25) is 16.9 Å². The molecular weight excluding hydrogens is 420 g/mol. The van der Waals surface area contributed by atoms with Crippen molar-refractivity contribution in [3.8, 4) is 22.8 Å². The zero-order chi connectivity index (χ0) is 20.9. The molecule has 0 saturated carbocycles.